The molecule has 106 valence electrons. The Bertz CT molecular complexity index is 699. The molecule has 0 saturated heterocycles. The number of aromatic nitrogens is 1. The van der Waals surface area contributed by atoms with Gasteiger partial charge in [-0.25, -0.2) is 0 Å². The molecular formula is C17H16N2O2. The average molecular weight is 280 g/mol. The van der Waals surface area contributed by atoms with E-state index in [1.807, 2.05) is 24.3 Å². The van der Waals surface area contributed by atoms with Crippen LogP contribution in [0.25, 0.3) is 0 Å². The van der Waals surface area contributed by atoms with Crippen LogP contribution in [0.5, 0.6) is 0 Å². The van der Waals surface area contributed by atoms with Gasteiger partial charge in [-0.3, -0.25) is 9.78 Å². The number of aliphatic hydroxyl groups is 1. The second-order valence-corrected chi connectivity index (χ2v) is 4.43. The predicted octanol–water partition coefficient (Wildman–Crippen LogP) is 2.24. The van der Waals surface area contributed by atoms with Crippen molar-refractivity contribution in [3.05, 3.63) is 59.4 Å². The maximum absolute atomic E-state index is 12.2. The van der Waals surface area contributed by atoms with E-state index < -0.39 is 0 Å². The maximum Gasteiger partial charge on any atom is 0.257 e. The normalized spacial score (nSPS) is 9.62. The average Bonchev–Trinajstić information content (AvgIpc) is 2.53. The molecule has 4 heteroatoms. The molecule has 4 nitrogen and oxygen atoms in total. The Morgan fingerprint density at radius 1 is 1.33 bits per heavy atom. The van der Waals surface area contributed by atoms with Gasteiger partial charge in [-0.1, -0.05) is 30.9 Å². The summed E-state index contributed by atoms with van der Waals surface area (Å²) in [5.74, 6) is 5.03. The van der Waals surface area contributed by atoms with E-state index in [0.717, 1.165) is 17.7 Å². The fraction of sp³-hybridized carbons (Fsp3) is 0.176. The highest BCUT2D eigenvalue weighted by molar-refractivity contribution is 6.04. The molecular weight excluding hydrogens is 264 g/mol. The number of hydrogen-bond acceptors (Lipinski definition) is 3. The van der Waals surface area contributed by atoms with E-state index in [2.05, 4.69) is 29.1 Å². The zero-order valence-electron chi connectivity index (χ0n) is 11.8. The van der Waals surface area contributed by atoms with Crippen LogP contribution in [0, 0.1) is 11.8 Å². The number of aliphatic hydroxyl groups excluding tert-OH is 1. The Morgan fingerprint density at radius 3 is 2.95 bits per heavy atom. The van der Waals surface area contributed by atoms with Gasteiger partial charge in [0.05, 0.1) is 5.56 Å². The van der Waals surface area contributed by atoms with Crippen LogP contribution in [0.4, 0.5) is 5.69 Å². The van der Waals surface area contributed by atoms with Crippen molar-refractivity contribution in [2.45, 2.75) is 13.3 Å². The van der Waals surface area contributed by atoms with Gasteiger partial charge in [0.1, 0.15) is 6.61 Å². The van der Waals surface area contributed by atoms with Crippen LogP contribution < -0.4 is 5.32 Å². The monoisotopic (exact) mass is 280 g/mol. The fourth-order valence-corrected chi connectivity index (χ4v) is 1.85. The van der Waals surface area contributed by atoms with Gasteiger partial charge in [-0.15, -0.1) is 0 Å². The van der Waals surface area contributed by atoms with Crippen molar-refractivity contribution < 1.29 is 9.90 Å². The van der Waals surface area contributed by atoms with Crippen LogP contribution in [-0.4, -0.2) is 22.6 Å². The fourth-order valence-electron chi connectivity index (χ4n) is 1.85. The van der Waals surface area contributed by atoms with Crippen molar-refractivity contribution in [1.29, 1.82) is 0 Å². The number of amides is 1. The second kappa shape index (κ2) is 7.22. The lowest BCUT2D eigenvalue weighted by molar-refractivity contribution is 0.102. The van der Waals surface area contributed by atoms with Crippen LogP contribution in [-0.2, 0) is 6.42 Å². The molecule has 0 saturated carbocycles. The van der Waals surface area contributed by atoms with Gasteiger partial charge in [0.2, 0.25) is 0 Å². The second-order valence-electron chi connectivity index (χ2n) is 4.43. The molecule has 0 bridgehead atoms. The van der Waals surface area contributed by atoms with E-state index in [0.29, 0.717) is 11.1 Å². The summed E-state index contributed by atoms with van der Waals surface area (Å²) in [4.78, 5) is 16.2. The molecule has 0 aliphatic rings. The molecule has 0 fully saturated rings. The molecule has 1 aromatic carbocycles. The van der Waals surface area contributed by atoms with E-state index in [-0.39, 0.29) is 12.5 Å². The molecule has 1 aromatic heterocycles. The Kier molecular flexibility index (Phi) is 5.08. The zero-order valence-corrected chi connectivity index (χ0v) is 11.8. The SMILES string of the molecule is CCc1cccc(NC(=O)c2cncc(C#CCO)c2)c1. The molecule has 1 amide bonds. The molecule has 0 spiro atoms. The van der Waals surface area contributed by atoms with Crippen molar-refractivity contribution in [2.75, 3.05) is 11.9 Å². The molecule has 0 aliphatic carbocycles. The lowest BCUT2D eigenvalue weighted by Crippen LogP contribution is -2.12. The summed E-state index contributed by atoms with van der Waals surface area (Å²) in [5, 5.41) is 11.5. The largest absolute Gasteiger partial charge is 0.384 e. The number of hydrogen-bond donors (Lipinski definition) is 2. The van der Waals surface area contributed by atoms with Crippen molar-refractivity contribution >= 4 is 11.6 Å². The minimum atomic E-state index is -0.233. The first-order chi connectivity index (χ1) is 10.2. The summed E-state index contributed by atoms with van der Waals surface area (Å²) in [6.45, 7) is 1.84. The van der Waals surface area contributed by atoms with Crippen LogP contribution >= 0.6 is 0 Å². The minimum absolute atomic E-state index is 0.222. The topological polar surface area (TPSA) is 62.2 Å². The van der Waals surface area contributed by atoms with Crippen LogP contribution in [0.3, 0.4) is 0 Å². The number of benzene rings is 1. The first-order valence-corrected chi connectivity index (χ1v) is 6.68. The lowest BCUT2D eigenvalue weighted by Gasteiger charge is -2.06. The Balaban J connectivity index is 2.16. The number of carbonyl (C=O) groups excluding carboxylic acids is 1. The van der Waals surface area contributed by atoms with Crippen molar-refractivity contribution in [3.8, 4) is 11.8 Å². The van der Waals surface area contributed by atoms with Gasteiger partial charge in [0.25, 0.3) is 5.91 Å². The first-order valence-electron chi connectivity index (χ1n) is 6.68. The Morgan fingerprint density at radius 2 is 2.19 bits per heavy atom. The van der Waals surface area contributed by atoms with Gasteiger partial charge >= 0.3 is 0 Å². The highest BCUT2D eigenvalue weighted by Gasteiger charge is 2.07. The third kappa shape index (κ3) is 4.16. The van der Waals surface area contributed by atoms with Gasteiger partial charge < -0.3 is 10.4 Å². The zero-order chi connectivity index (χ0) is 15.1. The summed E-state index contributed by atoms with van der Waals surface area (Å²) in [7, 11) is 0. The Hall–Kier alpha value is -2.64. The molecule has 2 N–H and O–H groups in total. The predicted molar refractivity (Wildman–Crippen MR) is 82.0 cm³/mol. The maximum atomic E-state index is 12.2. The number of carbonyl (C=O) groups is 1. The van der Waals surface area contributed by atoms with E-state index in [4.69, 9.17) is 5.11 Å². The minimum Gasteiger partial charge on any atom is -0.384 e. The summed E-state index contributed by atoms with van der Waals surface area (Å²) in [6.07, 6.45) is 3.96. The first kappa shape index (κ1) is 14.8. The number of rotatable bonds is 3. The standard InChI is InChI=1S/C17H16N2O2/c1-2-13-5-3-7-16(10-13)19-17(21)15-9-14(6-4-8-20)11-18-12-15/h3,5,7,9-12,20H,2,8H2,1H3,(H,19,21). The summed E-state index contributed by atoms with van der Waals surface area (Å²) in [6, 6.07) is 9.37. The van der Waals surface area contributed by atoms with Crippen LogP contribution in [0.15, 0.2) is 42.7 Å². The van der Waals surface area contributed by atoms with E-state index >= 15 is 0 Å². The third-order valence-electron chi connectivity index (χ3n) is 2.91. The molecule has 0 unspecified atom stereocenters. The van der Waals surface area contributed by atoms with Gasteiger partial charge in [-0.05, 0) is 30.2 Å². The number of pyridine rings is 1. The highest BCUT2D eigenvalue weighted by Crippen LogP contribution is 2.13. The molecule has 0 atom stereocenters. The van der Waals surface area contributed by atoms with Crippen LogP contribution in [0.1, 0.15) is 28.4 Å². The van der Waals surface area contributed by atoms with Crippen molar-refractivity contribution in [3.63, 3.8) is 0 Å². The number of anilines is 1. The molecule has 1 heterocycles. The quantitative estimate of drug-likeness (QED) is 0.848. The van der Waals surface area contributed by atoms with Gasteiger partial charge in [0, 0.05) is 23.6 Å². The summed E-state index contributed by atoms with van der Waals surface area (Å²) >= 11 is 0. The van der Waals surface area contributed by atoms with E-state index in [1.54, 1.807) is 12.3 Å². The number of nitrogens with one attached hydrogen (secondary N) is 1. The molecule has 0 aliphatic heterocycles. The number of nitrogens with zero attached hydrogens (tertiary/aromatic N) is 1. The van der Waals surface area contributed by atoms with Crippen molar-refractivity contribution in [2.24, 2.45) is 0 Å². The van der Waals surface area contributed by atoms with Crippen molar-refractivity contribution in [1.82, 2.24) is 4.98 Å². The lowest BCUT2D eigenvalue weighted by atomic mass is 10.1. The molecule has 21 heavy (non-hydrogen) atoms. The third-order valence-corrected chi connectivity index (χ3v) is 2.91. The molecule has 2 rings (SSSR count). The summed E-state index contributed by atoms with van der Waals surface area (Å²) < 4.78 is 0. The smallest absolute Gasteiger partial charge is 0.257 e. The highest BCUT2D eigenvalue weighted by atomic mass is 16.2. The summed E-state index contributed by atoms with van der Waals surface area (Å²) in [5.41, 5.74) is 2.94. The molecule has 2 aromatic rings. The Labute approximate surface area is 123 Å². The van der Waals surface area contributed by atoms with Crippen LogP contribution in [0.2, 0.25) is 0 Å². The molecule has 0 radical (unpaired) electrons. The van der Waals surface area contributed by atoms with Gasteiger partial charge in [0.15, 0.2) is 0 Å². The van der Waals surface area contributed by atoms with E-state index in [1.165, 1.54) is 6.20 Å². The van der Waals surface area contributed by atoms with E-state index in [9.17, 15) is 4.79 Å². The van der Waals surface area contributed by atoms with Gasteiger partial charge in [-0.2, -0.15) is 0 Å². The number of aryl methyl sites for hydroxylation is 1.